The van der Waals surface area contributed by atoms with E-state index < -0.39 is 12.3 Å². The molecule has 46 valence electrons. The maximum Gasteiger partial charge on any atom is 0.260 e. The Morgan fingerprint density at radius 1 is 1.50 bits per heavy atom. The summed E-state index contributed by atoms with van der Waals surface area (Å²) in [4.78, 5) is 9.26. The second kappa shape index (κ2) is 3.23. The van der Waals surface area contributed by atoms with E-state index in [1.807, 2.05) is 0 Å². The number of halogens is 3. The molecule has 0 aliphatic rings. The molecule has 0 amide bonds. The smallest absolute Gasteiger partial charge is 0.260 e. The molecule has 0 unspecified atom stereocenters. The minimum absolute atomic E-state index is 0.0625. The number of carbonyl (C=O) groups is 1. The molecule has 0 radical (unpaired) electrons. The fourth-order valence-electron chi connectivity index (χ4n) is 0.160. The summed E-state index contributed by atoms with van der Waals surface area (Å²) >= 11 is 0. The van der Waals surface area contributed by atoms with Crippen LogP contribution >= 0.6 is 0 Å². The van der Waals surface area contributed by atoms with E-state index >= 15 is 0 Å². The summed E-state index contributed by atoms with van der Waals surface area (Å²) in [6.45, 7) is 0. The molecule has 0 bridgehead atoms. The lowest BCUT2D eigenvalue weighted by molar-refractivity contribution is -0.106. The molecular formula is C4H3F3O. The van der Waals surface area contributed by atoms with Crippen LogP contribution < -0.4 is 0 Å². The van der Waals surface area contributed by atoms with Crippen LogP contribution in [0.4, 0.5) is 13.2 Å². The normalized spacial score (nSPS) is 12.2. The molecule has 0 rings (SSSR count). The third-order valence-electron chi connectivity index (χ3n) is 0.398. The molecule has 0 fully saturated rings. The van der Waals surface area contributed by atoms with Crippen molar-refractivity contribution in [1.29, 1.82) is 0 Å². The molecule has 4 heteroatoms. The second-order valence-electron chi connectivity index (χ2n) is 1.00. The lowest BCUT2D eigenvalue weighted by Gasteiger charge is -1.82. The topological polar surface area (TPSA) is 17.1 Å². The van der Waals surface area contributed by atoms with Gasteiger partial charge in [0.15, 0.2) is 12.1 Å². The Morgan fingerprint density at radius 3 is 2.12 bits per heavy atom. The van der Waals surface area contributed by atoms with Crippen LogP contribution in [0.2, 0.25) is 0 Å². The van der Waals surface area contributed by atoms with Gasteiger partial charge in [0, 0.05) is 6.08 Å². The molecule has 0 aliphatic carbocycles. The van der Waals surface area contributed by atoms with E-state index in [9.17, 15) is 18.0 Å². The van der Waals surface area contributed by atoms with Crippen molar-refractivity contribution in [2.24, 2.45) is 0 Å². The number of alkyl halides is 2. The van der Waals surface area contributed by atoms with Gasteiger partial charge in [-0.25, -0.2) is 13.2 Å². The summed E-state index contributed by atoms with van der Waals surface area (Å²) < 4.78 is 33.4. The molecule has 0 N–H and O–H groups in total. The molecule has 0 saturated carbocycles. The van der Waals surface area contributed by atoms with Crippen LogP contribution in [0, 0.1) is 0 Å². The van der Waals surface area contributed by atoms with Gasteiger partial charge in [0.2, 0.25) is 0 Å². The van der Waals surface area contributed by atoms with Crippen molar-refractivity contribution < 1.29 is 18.0 Å². The Kier molecular flexibility index (Phi) is 2.91. The first kappa shape index (κ1) is 7.20. The molecule has 1 nitrogen and oxygen atoms in total. The van der Waals surface area contributed by atoms with Crippen LogP contribution in [0.5, 0.6) is 0 Å². The first-order valence-corrected chi connectivity index (χ1v) is 1.77. The van der Waals surface area contributed by atoms with Crippen LogP contribution in [0.25, 0.3) is 0 Å². The zero-order valence-corrected chi connectivity index (χ0v) is 3.77. The van der Waals surface area contributed by atoms with Gasteiger partial charge in [-0.15, -0.1) is 0 Å². The van der Waals surface area contributed by atoms with Crippen molar-refractivity contribution >= 4 is 6.29 Å². The highest BCUT2D eigenvalue weighted by atomic mass is 19.3. The van der Waals surface area contributed by atoms with Crippen LogP contribution in [0.1, 0.15) is 0 Å². The summed E-state index contributed by atoms with van der Waals surface area (Å²) in [6.07, 6.45) is -3.22. The number of carbonyl (C=O) groups excluding carboxylic acids is 1. The van der Waals surface area contributed by atoms with Gasteiger partial charge in [0.1, 0.15) is 0 Å². The van der Waals surface area contributed by atoms with E-state index in [4.69, 9.17) is 0 Å². The fourth-order valence-corrected chi connectivity index (χ4v) is 0.160. The molecule has 0 aliphatic heterocycles. The van der Waals surface area contributed by atoms with Gasteiger partial charge in [-0.2, -0.15) is 0 Å². The Bertz CT molecular complexity index is 108. The number of hydrogen-bond donors (Lipinski definition) is 0. The predicted octanol–water partition coefficient (Wildman–Crippen LogP) is 1.30. The van der Waals surface area contributed by atoms with Crippen molar-refractivity contribution in [2.45, 2.75) is 6.43 Å². The molecule has 8 heavy (non-hydrogen) atoms. The summed E-state index contributed by atoms with van der Waals surface area (Å²) in [5, 5.41) is 0. The highest BCUT2D eigenvalue weighted by Gasteiger charge is 1.98. The van der Waals surface area contributed by atoms with Crippen LogP contribution in [0.3, 0.4) is 0 Å². The summed E-state index contributed by atoms with van der Waals surface area (Å²) in [5.41, 5.74) is 0. The molecular weight excluding hydrogens is 121 g/mol. The predicted molar refractivity (Wildman–Crippen MR) is 21.3 cm³/mol. The van der Waals surface area contributed by atoms with Gasteiger partial charge in [-0.1, -0.05) is 0 Å². The minimum atomic E-state index is -2.89. The molecule has 0 atom stereocenters. The zero-order chi connectivity index (χ0) is 6.57. The maximum atomic E-state index is 11.4. The monoisotopic (exact) mass is 124 g/mol. The van der Waals surface area contributed by atoms with Gasteiger partial charge >= 0.3 is 0 Å². The SMILES string of the molecule is O=C/C(F)=C\C(F)F. The summed E-state index contributed by atoms with van der Waals surface area (Å²) in [7, 11) is 0. The lowest BCUT2D eigenvalue weighted by Crippen LogP contribution is -1.84. The van der Waals surface area contributed by atoms with Crippen molar-refractivity contribution in [3.63, 3.8) is 0 Å². The van der Waals surface area contributed by atoms with Crippen molar-refractivity contribution in [2.75, 3.05) is 0 Å². The van der Waals surface area contributed by atoms with E-state index in [2.05, 4.69) is 0 Å². The molecule has 0 spiro atoms. The fraction of sp³-hybridized carbons (Fsp3) is 0.250. The highest BCUT2D eigenvalue weighted by Crippen LogP contribution is 1.99. The quantitative estimate of drug-likeness (QED) is 0.400. The van der Waals surface area contributed by atoms with Gasteiger partial charge in [0.05, 0.1) is 0 Å². The summed E-state index contributed by atoms with van der Waals surface area (Å²) in [6, 6.07) is 0. The van der Waals surface area contributed by atoms with Crippen LogP contribution in [0.15, 0.2) is 11.9 Å². The first-order chi connectivity index (χ1) is 3.66. The average molecular weight is 124 g/mol. The Morgan fingerprint density at radius 2 is 2.00 bits per heavy atom. The lowest BCUT2D eigenvalue weighted by atomic mass is 10.5. The largest absolute Gasteiger partial charge is 0.295 e. The minimum Gasteiger partial charge on any atom is -0.295 e. The standard InChI is InChI=1S/C4H3F3O/c5-3(2-8)1-4(6)7/h1-2,4H/b3-1+. The first-order valence-electron chi connectivity index (χ1n) is 1.77. The van der Waals surface area contributed by atoms with Gasteiger partial charge in [-0.3, -0.25) is 4.79 Å². The van der Waals surface area contributed by atoms with Gasteiger partial charge in [0.25, 0.3) is 6.43 Å². The molecule has 0 aromatic carbocycles. The Hall–Kier alpha value is -0.800. The maximum absolute atomic E-state index is 11.4. The van der Waals surface area contributed by atoms with Crippen LogP contribution in [-0.4, -0.2) is 12.7 Å². The van der Waals surface area contributed by atoms with Gasteiger partial charge < -0.3 is 0 Å². The van der Waals surface area contributed by atoms with Crippen LogP contribution in [-0.2, 0) is 4.79 Å². The zero-order valence-electron chi connectivity index (χ0n) is 3.77. The third-order valence-corrected chi connectivity index (χ3v) is 0.398. The third kappa shape index (κ3) is 3.39. The van der Waals surface area contributed by atoms with Crippen molar-refractivity contribution in [1.82, 2.24) is 0 Å². The number of aldehydes is 1. The number of hydrogen-bond acceptors (Lipinski definition) is 1. The second-order valence-corrected chi connectivity index (χ2v) is 1.00. The highest BCUT2D eigenvalue weighted by molar-refractivity contribution is 5.69. The van der Waals surface area contributed by atoms with E-state index in [-0.39, 0.29) is 12.4 Å². The molecule has 0 aromatic heterocycles. The molecule has 0 aromatic rings. The average Bonchev–Trinajstić information content (AvgIpc) is 1.65. The molecule has 0 heterocycles. The summed E-state index contributed by atoms with van der Waals surface area (Å²) in [5.74, 6) is -1.43. The Balaban J connectivity index is 3.74. The number of rotatable bonds is 2. The number of allylic oxidation sites excluding steroid dienone is 2. The van der Waals surface area contributed by atoms with E-state index in [0.717, 1.165) is 0 Å². The Labute approximate surface area is 43.8 Å². The van der Waals surface area contributed by atoms with Gasteiger partial charge in [-0.05, 0) is 0 Å². The molecule has 0 saturated heterocycles. The van der Waals surface area contributed by atoms with E-state index in [1.165, 1.54) is 0 Å². The van der Waals surface area contributed by atoms with Crippen molar-refractivity contribution in [3.8, 4) is 0 Å². The van der Waals surface area contributed by atoms with E-state index in [0.29, 0.717) is 0 Å². The van der Waals surface area contributed by atoms with E-state index in [1.54, 1.807) is 0 Å². The van der Waals surface area contributed by atoms with Crippen molar-refractivity contribution in [3.05, 3.63) is 11.9 Å².